The Balaban J connectivity index is 0.000000463. The first-order chi connectivity index (χ1) is 56.1. The molecule has 0 saturated carbocycles. The van der Waals surface area contributed by atoms with Crippen molar-refractivity contribution in [3.05, 3.63) is 364 Å². The molecule has 610 valence electrons. The summed E-state index contributed by atoms with van der Waals surface area (Å²) in [4.78, 5) is 0. The normalized spacial score (nSPS) is 16.2. The Morgan fingerprint density at radius 3 is 0.414 bits per heavy atom. The van der Waals surface area contributed by atoms with Gasteiger partial charge >= 0.3 is 550 Å². The monoisotopic (exact) mass is 2220 g/mol. The van der Waals surface area contributed by atoms with Crippen LogP contribution in [-0.2, 0) is 11.7 Å². The third-order valence-electron chi connectivity index (χ3n) is 15.8. The molecule has 0 amide bonds. The molecule has 0 bridgehead atoms. The molecule has 0 radical (unpaired) electrons. The number of hydrogen-bond acceptors (Lipinski definition) is 22. The van der Waals surface area contributed by atoms with Gasteiger partial charge in [-0.1, -0.05) is 109 Å². The molecule has 1 aliphatic heterocycles. The molecule has 0 unspecified atom stereocenters. The van der Waals surface area contributed by atoms with Crippen molar-refractivity contribution in [2.45, 2.75) is 0 Å². The van der Waals surface area contributed by atoms with Crippen molar-refractivity contribution in [3.8, 4) is 46.0 Å². The van der Waals surface area contributed by atoms with Gasteiger partial charge in [-0.25, -0.2) is 37.3 Å². The largest absolute Gasteiger partial charge is 0.222 e. The van der Waals surface area contributed by atoms with Crippen LogP contribution < -0.4 is 113 Å². The van der Waals surface area contributed by atoms with E-state index in [0.717, 1.165) is 37.8 Å². The first kappa shape index (κ1) is 92.4. The Bertz CT molecular complexity index is 4090. The van der Waals surface area contributed by atoms with Crippen molar-refractivity contribution in [1.29, 1.82) is 0 Å². The molecule has 1 saturated heterocycles. The number of halogens is 2. The van der Waals surface area contributed by atoms with Crippen LogP contribution in [-0.4, -0.2) is 162 Å². The summed E-state index contributed by atoms with van der Waals surface area (Å²) < 4.78 is 176. The molecule has 0 aromatic heterocycles. The molecule has 0 N–H and O–H groups in total. The van der Waals surface area contributed by atoms with Crippen molar-refractivity contribution in [3.63, 3.8) is 0 Å². The zero-order chi connectivity index (χ0) is 82.9. The summed E-state index contributed by atoms with van der Waals surface area (Å²) in [5.74, 6) is 5.20. The number of rotatable bonds is 18. The van der Waals surface area contributed by atoms with Crippen LogP contribution in [0.25, 0.3) is 0 Å². The van der Waals surface area contributed by atoms with Crippen molar-refractivity contribution in [2.24, 2.45) is 0 Å². The molecule has 0 aliphatic carbocycles. The molecule has 22 nitrogen and oxygen atoms in total. The molecule has 14 rings (SSSR count). The maximum absolute atomic E-state index is 8.93. The van der Waals surface area contributed by atoms with Gasteiger partial charge < -0.3 is 0 Å². The van der Waals surface area contributed by atoms with Gasteiger partial charge in [0.2, 0.25) is 0 Å². The van der Waals surface area contributed by atoms with E-state index in [1.54, 1.807) is 56.9 Å². The second kappa shape index (κ2) is 46.2. The average molecular weight is 2210 g/mol. The zero-order valence-electron chi connectivity index (χ0n) is 63.8. The summed E-state index contributed by atoms with van der Waals surface area (Å²) in [7, 11) is 3.39. The molecular formula is C86H84Cl2O22Se2Te4. The molecule has 116 heavy (non-hydrogen) atoms. The van der Waals surface area contributed by atoms with Gasteiger partial charge in [0.05, 0.1) is 0 Å². The van der Waals surface area contributed by atoms with Crippen LogP contribution in [0.5, 0.6) is 46.0 Å². The standard InChI is InChI=1S/C68H66O14Se2Te4.3C6H6.2ClHO4/c1-69-51-19-35-61(36-20-51)85(62-37-21-52(70-2)22-38-62)77-83(59-15-11-9-12-16-59)78-87(65-43-27-55(73-5)28-44-65,66-45-29-56(74-6)30-46-66)82-88(67-47-31-57(75-7)32-48-67,68-49-33-58(76-8)34-50-68)80-84(60-17-13-10-14-18-60)79-86(81-85,63-39-23-53(71-3)24-40-63)64-41-25-54(72-4)26-42-64;3*1-2-4-6-5-3-1;2*2-1(3,4)5/h9-50H,1-8H3;3*1-6H;2*(H,2,3,4,5)/q+2;;;;;/p-2. The van der Waals surface area contributed by atoms with E-state index in [4.69, 9.17) is 86.8 Å². The molecule has 0 spiro atoms. The van der Waals surface area contributed by atoms with E-state index in [-0.39, 0.29) is 0 Å². The Hall–Kier alpha value is -7.52. The molecule has 30 heteroatoms. The van der Waals surface area contributed by atoms with Crippen LogP contribution >= 0.6 is 0 Å². The van der Waals surface area contributed by atoms with Gasteiger partial charge in [-0.05, 0) is 0 Å². The average Bonchev–Trinajstić information content (AvgIpc) is 0.716. The van der Waals surface area contributed by atoms with Crippen LogP contribution in [0.15, 0.2) is 364 Å². The van der Waals surface area contributed by atoms with Gasteiger partial charge in [0.15, 0.2) is 0 Å². The molecule has 1 heterocycles. The van der Waals surface area contributed by atoms with Gasteiger partial charge in [0.25, 0.3) is 0 Å². The number of ether oxygens (including phenoxy) is 8. The van der Waals surface area contributed by atoms with Gasteiger partial charge in [-0.15, -0.1) is 20.5 Å². The number of hydrogen-bond donors (Lipinski definition) is 0. The Morgan fingerprint density at radius 2 is 0.302 bits per heavy atom. The minimum atomic E-state index is -5.42. The quantitative estimate of drug-likeness (QED) is 0.110. The van der Waals surface area contributed by atoms with Crippen molar-refractivity contribution in [2.75, 3.05) is 56.9 Å². The van der Waals surface area contributed by atoms with E-state index >= 15 is 0 Å². The second-order valence-electron chi connectivity index (χ2n) is 23.1. The van der Waals surface area contributed by atoms with E-state index in [1.165, 1.54) is 0 Å². The van der Waals surface area contributed by atoms with Gasteiger partial charge in [-0.3, -0.25) is 0 Å². The van der Waals surface area contributed by atoms with Crippen LogP contribution in [0.1, 0.15) is 0 Å². The molecule has 13 aromatic carbocycles. The molecule has 0 atom stereocenters. The van der Waals surface area contributed by atoms with Crippen LogP contribution in [0.2, 0.25) is 0 Å². The predicted octanol–water partition coefficient (Wildman–Crippen LogP) is 1.53. The summed E-state index contributed by atoms with van der Waals surface area (Å²) in [6.07, 6.45) is 0. The maximum atomic E-state index is 8.93. The zero-order valence-corrected chi connectivity index (χ0v) is 78.1. The van der Waals surface area contributed by atoms with Crippen molar-refractivity contribution >= 4 is 143 Å². The summed E-state index contributed by atoms with van der Waals surface area (Å²) in [6.45, 7) is 0. The fourth-order valence-corrected chi connectivity index (χ4v) is 95.6. The van der Waals surface area contributed by atoms with Crippen molar-refractivity contribution < 1.29 is 107 Å². The van der Waals surface area contributed by atoms with E-state index in [1.807, 2.05) is 243 Å². The molecular weight excluding hydrogens is 2120 g/mol. The number of benzene rings is 13. The molecule has 1 aliphatic rings. The summed E-state index contributed by atoms with van der Waals surface area (Å²) in [5, 5.41) is 0. The van der Waals surface area contributed by atoms with Crippen LogP contribution in [0, 0.1) is 20.5 Å². The molecule has 13 aromatic rings. The Morgan fingerprint density at radius 1 is 0.190 bits per heavy atom. The van der Waals surface area contributed by atoms with Gasteiger partial charge in [0.1, 0.15) is 0 Å². The van der Waals surface area contributed by atoms with E-state index in [0.29, 0.717) is 46.0 Å². The fourth-order valence-electron chi connectivity index (χ4n) is 10.3. The van der Waals surface area contributed by atoms with Crippen LogP contribution in [0.3, 0.4) is 0 Å². The topological polar surface area (TPSA) is 314 Å². The van der Waals surface area contributed by atoms with Gasteiger partial charge in [-0.2, -0.15) is 0 Å². The van der Waals surface area contributed by atoms with E-state index in [9.17, 15) is 0 Å². The van der Waals surface area contributed by atoms with Crippen LogP contribution in [0.4, 0.5) is 0 Å². The second-order valence-corrected chi connectivity index (χ2v) is 66.1. The first-order valence-corrected chi connectivity index (χ1v) is 58.5. The Kier molecular flexibility index (Phi) is 36.8. The minimum Gasteiger partial charge on any atom is -0.222 e. The summed E-state index contributed by atoms with van der Waals surface area (Å²) in [5.41, 5.74) is 0. The predicted molar refractivity (Wildman–Crippen MR) is 434 cm³/mol. The van der Waals surface area contributed by atoms with Gasteiger partial charge in [0, 0.05) is 0 Å². The third-order valence-corrected chi connectivity index (χ3v) is 77.2. The minimum absolute atomic E-state index is 0.650. The number of methoxy groups -OCH3 is 8. The fraction of sp³-hybridized carbons (Fsp3) is 0.0930. The summed E-state index contributed by atoms with van der Waals surface area (Å²) in [6, 6.07) is 121. The third kappa shape index (κ3) is 26.7. The first-order valence-electron chi connectivity index (χ1n) is 34.6. The SMILES string of the molecule is COc1ccc([Te]2(c3ccc(OC)cc3)O[Se+](c3ccccc3)O[Te](c3ccc(OC)cc3)(c3ccc(OC)cc3)O[Te](c3ccc(OC)cc3)(c3ccc(OC)cc3)O[Se+](c3ccccc3)O[Te](c3ccc(OC)cc3)(c3ccc(OC)cc3)O2)cc1.[O-][Cl+3]([O-])([O-])[O-].[O-][Cl+3]([O-])([O-])[O-].c1ccccc1.c1ccccc1.c1ccccc1. The Labute approximate surface area is 709 Å². The van der Waals surface area contributed by atoms with E-state index < -0.39 is 126 Å². The smallest absolute Gasteiger partial charge is 0.0623 e. The maximum Gasteiger partial charge on any atom is -0.0623 e. The van der Waals surface area contributed by atoms with Crippen molar-refractivity contribution in [1.82, 2.24) is 0 Å². The van der Waals surface area contributed by atoms with E-state index in [2.05, 4.69) is 121 Å². The summed E-state index contributed by atoms with van der Waals surface area (Å²) >= 11 is -28.4. The molecule has 1 fully saturated rings.